The van der Waals surface area contributed by atoms with Gasteiger partial charge in [0.1, 0.15) is 12.1 Å². The molecule has 0 saturated carbocycles. The van der Waals surface area contributed by atoms with E-state index in [-0.39, 0.29) is 36.1 Å². The van der Waals surface area contributed by atoms with E-state index >= 15 is 0 Å². The number of hydrogen-bond acceptors (Lipinski definition) is 6. The van der Waals surface area contributed by atoms with E-state index in [0.717, 1.165) is 5.56 Å². The number of hydrogen-bond donors (Lipinski definition) is 4. The molecule has 40 heavy (non-hydrogen) atoms. The quantitative estimate of drug-likeness (QED) is 0.159. The Bertz CT molecular complexity index is 1180. The van der Waals surface area contributed by atoms with Crippen LogP contribution >= 0.6 is 12.6 Å². The number of imide groups is 1. The van der Waals surface area contributed by atoms with Crippen LogP contribution in [-0.2, 0) is 20.8 Å². The zero-order chi connectivity index (χ0) is 29.2. The van der Waals surface area contributed by atoms with Crippen molar-refractivity contribution in [1.29, 1.82) is 0 Å². The van der Waals surface area contributed by atoms with Crippen LogP contribution in [0.1, 0.15) is 65.8 Å². The maximum absolute atomic E-state index is 13.2. The Kier molecular flexibility index (Phi) is 11.3. The van der Waals surface area contributed by atoms with Gasteiger partial charge in [-0.1, -0.05) is 62.7 Å². The number of amides is 5. The summed E-state index contributed by atoms with van der Waals surface area (Å²) in [6, 6.07) is 14.5. The van der Waals surface area contributed by atoms with Crippen molar-refractivity contribution in [3.8, 4) is 0 Å². The molecule has 2 aromatic carbocycles. The third kappa shape index (κ3) is 8.17. The maximum atomic E-state index is 13.2. The smallest absolute Gasteiger partial charge is 0.261 e. The largest absolute Gasteiger partial charge is 0.357 e. The lowest BCUT2D eigenvalue weighted by Crippen LogP contribution is -2.55. The molecule has 0 bridgehead atoms. The number of carbonyl (C=O) groups is 5. The Morgan fingerprint density at radius 3 is 1.95 bits per heavy atom. The normalized spacial score (nSPS) is 14.9. The van der Waals surface area contributed by atoms with Crippen LogP contribution in [0.5, 0.6) is 0 Å². The van der Waals surface area contributed by atoms with Crippen molar-refractivity contribution in [3.63, 3.8) is 0 Å². The SMILES string of the molecule is CNC(=O)[C@H](Cc1ccccc1)NC(=O)C(CC(C)C)NC(=O)C(S)CCCCN1C(=O)c2ccccc2C1=O. The van der Waals surface area contributed by atoms with Gasteiger partial charge in [0.25, 0.3) is 11.8 Å². The zero-order valence-corrected chi connectivity index (χ0v) is 24.1. The number of fused-ring (bicyclic) bond motifs is 1. The fourth-order valence-electron chi connectivity index (χ4n) is 4.66. The van der Waals surface area contributed by atoms with Crippen molar-refractivity contribution in [1.82, 2.24) is 20.9 Å². The highest BCUT2D eigenvalue weighted by Gasteiger charge is 2.34. The van der Waals surface area contributed by atoms with E-state index < -0.39 is 23.2 Å². The van der Waals surface area contributed by atoms with Gasteiger partial charge in [-0.15, -0.1) is 0 Å². The second-order valence-electron chi connectivity index (χ2n) is 10.4. The van der Waals surface area contributed by atoms with Crippen LogP contribution in [0.25, 0.3) is 0 Å². The summed E-state index contributed by atoms with van der Waals surface area (Å²) in [6.07, 6.45) is 2.20. The first kappa shape index (κ1) is 30.9. The summed E-state index contributed by atoms with van der Waals surface area (Å²) in [6.45, 7) is 4.16. The molecule has 3 atom stereocenters. The lowest BCUT2D eigenvalue weighted by atomic mass is 10.0. The van der Waals surface area contributed by atoms with Crippen LogP contribution in [0.3, 0.4) is 0 Å². The van der Waals surface area contributed by atoms with E-state index in [9.17, 15) is 24.0 Å². The van der Waals surface area contributed by atoms with Gasteiger partial charge in [0.15, 0.2) is 0 Å². The van der Waals surface area contributed by atoms with Crippen molar-refractivity contribution >= 4 is 42.2 Å². The Balaban J connectivity index is 1.52. The maximum Gasteiger partial charge on any atom is 0.261 e. The van der Waals surface area contributed by atoms with Gasteiger partial charge in [0.2, 0.25) is 17.7 Å². The monoisotopic (exact) mass is 566 g/mol. The average Bonchev–Trinajstić information content (AvgIpc) is 3.19. The van der Waals surface area contributed by atoms with Crippen LogP contribution in [0, 0.1) is 5.92 Å². The number of thiol groups is 1. The molecule has 0 spiro atoms. The average molecular weight is 567 g/mol. The van der Waals surface area contributed by atoms with Crippen molar-refractivity contribution in [2.75, 3.05) is 13.6 Å². The number of benzene rings is 2. The zero-order valence-electron chi connectivity index (χ0n) is 23.2. The second-order valence-corrected chi connectivity index (χ2v) is 11.0. The molecule has 0 aliphatic carbocycles. The van der Waals surface area contributed by atoms with Crippen molar-refractivity contribution in [2.24, 2.45) is 5.92 Å². The van der Waals surface area contributed by atoms with Gasteiger partial charge in [-0.25, -0.2) is 0 Å². The predicted molar refractivity (Wildman–Crippen MR) is 156 cm³/mol. The molecular formula is C30H38N4O5S. The van der Waals surface area contributed by atoms with Crippen LogP contribution < -0.4 is 16.0 Å². The molecule has 5 amide bonds. The van der Waals surface area contributed by atoms with Crippen molar-refractivity contribution < 1.29 is 24.0 Å². The van der Waals surface area contributed by atoms with Crippen LogP contribution in [0.2, 0.25) is 0 Å². The fraction of sp³-hybridized carbons (Fsp3) is 0.433. The third-order valence-electron chi connectivity index (χ3n) is 6.79. The fourth-order valence-corrected chi connectivity index (χ4v) is 4.91. The van der Waals surface area contributed by atoms with Gasteiger partial charge < -0.3 is 16.0 Å². The van der Waals surface area contributed by atoms with Crippen LogP contribution in [0.15, 0.2) is 54.6 Å². The second kappa shape index (κ2) is 14.6. The molecule has 0 radical (unpaired) electrons. The lowest BCUT2D eigenvalue weighted by Gasteiger charge is -2.25. The highest BCUT2D eigenvalue weighted by molar-refractivity contribution is 7.81. The Morgan fingerprint density at radius 2 is 1.38 bits per heavy atom. The first-order valence-corrected chi connectivity index (χ1v) is 14.1. The highest BCUT2D eigenvalue weighted by atomic mass is 32.1. The van der Waals surface area contributed by atoms with E-state index in [1.54, 1.807) is 24.3 Å². The van der Waals surface area contributed by atoms with E-state index in [1.165, 1.54) is 11.9 Å². The number of carbonyl (C=O) groups excluding carboxylic acids is 5. The molecular weight excluding hydrogens is 528 g/mol. The molecule has 214 valence electrons. The van der Waals surface area contributed by atoms with E-state index in [2.05, 4.69) is 28.6 Å². The van der Waals surface area contributed by atoms with Gasteiger partial charge >= 0.3 is 0 Å². The molecule has 1 heterocycles. The summed E-state index contributed by atoms with van der Waals surface area (Å²) < 4.78 is 0. The number of nitrogens with zero attached hydrogens (tertiary/aromatic N) is 1. The molecule has 0 aromatic heterocycles. The van der Waals surface area contributed by atoms with Gasteiger partial charge in [-0.2, -0.15) is 12.6 Å². The van der Waals surface area contributed by atoms with Gasteiger partial charge in [0.05, 0.1) is 16.4 Å². The molecule has 2 aromatic rings. The third-order valence-corrected chi connectivity index (χ3v) is 7.28. The number of nitrogens with one attached hydrogen (secondary N) is 3. The van der Waals surface area contributed by atoms with E-state index in [4.69, 9.17) is 0 Å². The molecule has 9 nitrogen and oxygen atoms in total. The summed E-state index contributed by atoms with van der Waals surface area (Å²) in [4.78, 5) is 64.9. The summed E-state index contributed by atoms with van der Waals surface area (Å²) in [5.41, 5.74) is 1.73. The minimum Gasteiger partial charge on any atom is -0.357 e. The topological polar surface area (TPSA) is 125 Å². The van der Waals surface area contributed by atoms with Gasteiger partial charge in [-0.05, 0) is 42.9 Å². The lowest BCUT2D eigenvalue weighted by molar-refractivity contribution is -0.132. The van der Waals surface area contributed by atoms with Crippen LogP contribution in [0.4, 0.5) is 0 Å². The van der Waals surface area contributed by atoms with Crippen LogP contribution in [-0.4, -0.2) is 65.4 Å². The Hall–Kier alpha value is -3.66. The summed E-state index contributed by atoms with van der Waals surface area (Å²) in [7, 11) is 1.51. The van der Waals surface area contributed by atoms with Gasteiger partial charge in [-0.3, -0.25) is 28.9 Å². The van der Waals surface area contributed by atoms with Crippen molar-refractivity contribution in [3.05, 3.63) is 71.3 Å². The van der Waals surface area contributed by atoms with Gasteiger partial charge in [0, 0.05) is 20.0 Å². The number of likely N-dealkylation sites (N-methyl/N-ethyl adjacent to an activating group) is 1. The minimum absolute atomic E-state index is 0.113. The first-order chi connectivity index (χ1) is 19.1. The summed E-state index contributed by atoms with van der Waals surface area (Å²) in [5, 5.41) is 7.52. The van der Waals surface area contributed by atoms with Crippen molar-refractivity contribution in [2.45, 2.75) is 63.3 Å². The highest BCUT2D eigenvalue weighted by Crippen LogP contribution is 2.23. The number of rotatable bonds is 14. The molecule has 10 heteroatoms. The number of unbranched alkanes of at least 4 members (excludes halogenated alkanes) is 1. The minimum atomic E-state index is -0.830. The molecule has 3 N–H and O–H groups in total. The predicted octanol–water partition coefficient (Wildman–Crippen LogP) is 2.76. The molecule has 2 unspecified atom stereocenters. The Morgan fingerprint density at radius 1 is 0.800 bits per heavy atom. The molecule has 1 aliphatic rings. The first-order valence-electron chi connectivity index (χ1n) is 13.6. The summed E-state index contributed by atoms with van der Waals surface area (Å²) >= 11 is 4.45. The van der Waals surface area contributed by atoms with E-state index in [1.807, 2.05) is 44.2 Å². The molecule has 0 saturated heterocycles. The standard InChI is InChI=1S/C30H38N4O5S/c1-19(2)17-23(27(36)32-24(26(35)31-3)18-20-11-5-4-6-12-20)33-28(37)25(40)15-9-10-16-34-29(38)21-13-7-8-14-22(21)30(34)39/h4-8,11-14,19,23-25,40H,9-10,15-18H2,1-3H3,(H,31,35)(H,32,36)(H,33,37)/t23?,24-,25?/m0/s1. The molecule has 1 aliphatic heterocycles. The van der Waals surface area contributed by atoms with E-state index in [0.29, 0.717) is 43.2 Å². The molecule has 0 fully saturated rings. The Labute approximate surface area is 240 Å². The summed E-state index contributed by atoms with van der Waals surface area (Å²) in [5.74, 6) is -1.63. The molecule has 3 rings (SSSR count).